The highest BCUT2D eigenvalue weighted by atomic mass is 16.5. The zero-order valence-electron chi connectivity index (χ0n) is 20.2. The van der Waals surface area contributed by atoms with Gasteiger partial charge in [0.25, 0.3) is 11.5 Å². The molecule has 2 heterocycles. The van der Waals surface area contributed by atoms with E-state index in [0.717, 1.165) is 13.4 Å². The first-order valence-corrected chi connectivity index (χ1v) is 10.9. The fraction of sp³-hybridized carbons (Fsp3) is 0.435. The van der Waals surface area contributed by atoms with Gasteiger partial charge in [0, 0.05) is 25.6 Å². The Morgan fingerprint density at radius 2 is 1.91 bits per heavy atom. The Labute approximate surface area is 200 Å². The number of aryl methyl sites for hydroxylation is 1. The number of carbonyl (C=O) groups is 3. The van der Waals surface area contributed by atoms with E-state index in [2.05, 4.69) is 36.4 Å². The molecular formula is C23H32BN4O6. The van der Waals surface area contributed by atoms with E-state index in [9.17, 15) is 19.2 Å². The van der Waals surface area contributed by atoms with Crippen molar-refractivity contribution in [3.8, 4) is 0 Å². The van der Waals surface area contributed by atoms with Crippen LogP contribution in [0.4, 0.5) is 0 Å². The van der Waals surface area contributed by atoms with E-state index in [1.165, 1.54) is 36.3 Å². The summed E-state index contributed by atoms with van der Waals surface area (Å²) in [5.74, 6) is -0.964. The van der Waals surface area contributed by atoms with Crippen LogP contribution < -0.4 is 21.7 Å². The summed E-state index contributed by atoms with van der Waals surface area (Å²) in [4.78, 5) is 52.4. The van der Waals surface area contributed by atoms with Gasteiger partial charge in [-0.05, 0) is 36.0 Å². The molecule has 0 aromatic carbocycles. The molecule has 0 aliphatic carbocycles. The van der Waals surface area contributed by atoms with E-state index in [4.69, 9.17) is 9.76 Å². The number of nitrogens with zero attached hydrogens (tertiary/aromatic N) is 2. The molecule has 2 aromatic rings. The van der Waals surface area contributed by atoms with E-state index in [0.29, 0.717) is 11.0 Å². The van der Waals surface area contributed by atoms with E-state index in [1.807, 2.05) is 0 Å². The Balaban J connectivity index is 0.00000133. The molecule has 183 valence electrons. The monoisotopic (exact) mass is 471 g/mol. The van der Waals surface area contributed by atoms with Gasteiger partial charge in [0.15, 0.2) is 0 Å². The summed E-state index contributed by atoms with van der Waals surface area (Å²) >= 11 is 0. The Morgan fingerprint density at radius 1 is 1.24 bits per heavy atom. The van der Waals surface area contributed by atoms with Crippen LogP contribution in [0, 0.1) is 5.92 Å². The molecule has 1 unspecified atom stereocenters. The molecule has 2 aromatic heterocycles. The number of pyridine rings is 2. The van der Waals surface area contributed by atoms with Gasteiger partial charge in [0.2, 0.25) is 5.91 Å². The van der Waals surface area contributed by atoms with Gasteiger partial charge in [-0.2, -0.15) is 0 Å². The van der Waals surface area contributed by atoms with Crippen LogP contribution in [-0.2, 0) is 21.4 Å². The lowest BCUT2D eigenvalue weighted by atomic mass is 9.88. The minimum atomic E-state index is -0.787. The predicted octanol–water partition coefficient (Wildman–Crippen LogP) is 0.220. The molecule has 1 atom stereocenters. The van der Waals surface area contributed by atoms with Crippen LogP contribution in [0.1, 0.15) is 56.1 Å². The SMILES string of the molecule is CC(C)C.CCOC(=O)CC(NC(=O)CNC(=O)c1cccn(C)c1=O)c1cncc([B]O)c1. The summed E-state index contributed by atoms with van der Waals surface area (Å²) in [5.41, 5.74) is 0.288. The van der Waals surface area contributed by atoms with Crippen LogP contribution in [0.3, 0.4) is 0 Å². The summed E-state index contributed by atoms with van der Waals surface area (Å²) in [5, 5.41) is 14.2. The maximum atomic E-state index is 12.4. The number of esters is 1. The second kappa shape index (κ2) is 14.6. The predicted molar refractivity (Wildman–Crippen MR) is 129 cm³/mol. The van der Waals surface area contributed by atoms with Crippen LogP contribution in [0.25, 0.3) is 0 Å². The number of hydrogen-bond acceptors (Lipinski definition) is 7. The first kappa shape index (κ1) is 28.6. The number of amides is 2. The minimum absolute atomic E-state index is 0.0914. The van der Waals surface area contributed by atoms with E-state index in [-0.39, 0.29) is 18.6 Å². The number of ether oxygens (including phenoxy) is 1. The van der Waals surface area contributed by atoms with Crippen LogP contribution in [0.5, 0.6) is 0 Å². The number of nitrogens with one attached hydrogen (secondary N) is 2. The van der Waals surface area contributed by atoms with Gasteiger partial charge >= 0.3 is 13.5 Å². The van der Waals surface area contributed by atoms with Crippen molar-refractivity contribution in [1.29, 1.82) is 0 Å². The van der Waals surface area contributed by atoms with Gasteiger partial charge in [-0.3, -0.25) is 24.2 Å². The lowest BCUT2D eigenvalue weighted by Gasteiger charge is -2.19. The fourth-order valence-electron chi connectivity index (χ4n) is 2.65. The highest BCUT2D eigenvalue weighted by molar-refractivity contribution is 6.45. The largest absolute Gasteiger partial charge is 0.466 e. The number of aromatic nitrogens is 2. The van der Waals surface area contributed by atoms with Gasteiger partial charge in [-0.25, -0.2) is 0 Å². The Hall–Kier alpha value is -3.47. The molecule has 2 amide bonds. The Bertz CT molecular complexity index is 1020. The average molecular weight is 471 g/mol. The second-order valence-corrected chi connectivity index (χ2v) is 8.06. The van der Waals surface area contributed by atoms with Crippen molar-refractivity contribution in [3.05, 3.63) is 58.3 Å². The summed E-state index contributed by atoms with van der Waals surface area (Å²) < 4.78 is 6.19. The molecule has 0 bridgehead atoms. The first-order chi connectivity index (χ1) is 16.1. The van der Waals surface area contributed by atoms with Crippen molar-refractivity contribution in [2.45, 2.75) is 40.2 Å². The number of rotatable bonds is 9. The molecule has 0 saturated carbocycles. The quantitative estimate of drug-likeness (QED) is 0.351. The van der Waals surface area contributed by atoms with Crippen molar-refractivity contribution >= 4 is 30.7 Å². The van der Waals surface area contributed by atoms with Gasteiger partial charge in [0.1, 0.15) is 5.56 Å². The van der Waals surface area contributed by atoms with Crippen LogP contribution in [-0.4, -0.2) is 53.0 Å². The summed E-state index contributed by atoms with van der Waals surface area (Å²) in [6, 6.07) is 3.68. The van der Waals surface area contributed by atoms with Crippen LogP contribution >= 0.6 is 0 Å². The standard InChI is InChI=1S/C19H22BN4O6.C4H10/c1-3-30-17(26)8-15(12-7-13(20-29)10-21-9-12)23-16(25)11-22-18(27)14-5-4-6-24(2)19(14)28;1-4(2)3/h4-7,9-10,15,29H,3,8,11H2,1-2H3,(H,22,27)(H,23,25);4H,1-3H3. The van der Waals surface area contributed by atoms with Crippen LogP contribution in [0.2, 0.25) is 0 Å². The summed E-state index contributed by atoms with van der Waals surface area (Å²) in [7, 11) is 2.36. The molecule has 0 aliphatic heterocycles. The lowest BCUT2D eigenvalue weighted by Crippen LogP contribution is -2.41. The van der Waals surface area contributed by atoms with Crippen LogP contribution in [0.15, 0.2) is 41.6 Å². The molecule has 11 heteroatoms. The van der Waals surface area contributed by atoms with Gasteiger partial charge in [0.05, 0.1) is 25.6 Å². The first-order valence-electron chi connectivity index (χ1n) is 10.9. The normalized spacial score (nSPS) is 11.0. The molecule has 3 N–H and O–H groups in total. The van der Waals surface area contributed by atoms with E-state index in [1.54, 1.807) is 19.1 Å². The third-order valence-electron chi connectivity index (χ3n) is 4.12. The molecule has 2 rings (SSSR count). The molecule has 0 fully saturated rings. The molecule has 10 nitrogen and oxygen atoms in total. The number of carbonyl (C=O) groups excluding carboxylic acids is 3. The van der Waals surface area contributed by atoms with Crippen molar-refractivity contribution < 1.29 is 24.1 Å². The maximum absolute atomic E-state index is 12.4. The molecule has 34 heavy (non-hydrogen) atoms. The summed E-state index contributed by atoms with van der Waals surface area (Å²) in [6.45, 7) is 7.94. The summed E-state index contributed by atoms with van der Waals surface area (Å²) in [6.07, 6.45) is 4.21. The smallest absolute Gasteiger partial charge is 0.328 e. The van der Waals surface area contributed by atoms with Gasteiger partial charge in [-0.1, -0.05) is 26.8 Å². The molecule has 0 saturated heterocycles. The molecule has 0 aliphatic rings. The van der Waals surface area contributed by atoms with Crippen molar-refractivity contribution in [3.63, 3.8) is 0 Å². The highest BCUT2D eigenvalue weighted by Crippen LogP contribution is 2.15. The molecular weight excluding hydrogens is 439 g/mol. The zero-order valence-corrected chi connectivity index (χ0v) is 20.2. The van der Waals surface area contributed by atoms with Crippen molar-refractivity contribution in [1.82, 2.24) is 20.2 Å². The van der Waals surface area contributed by atoms with Crippen molar-refractivity contribution in [2.24, 2.45) is 13.0 Å². The van der Waals surface area contributed by atoms with Gasteiger partial charge < -0.3 is 25.0 Å². The van der Waals surface area contributed by atoms with Gasteiger partial charge in [-0.15, -0.1) is 0 Å². The topological polar surface area (TPSA) is 140 Å². The zero-order chi connectivity index (χ0) is 25.7. The molecule has 0 spiro atoms. The highest BCUT2D eigenvalue weighted by Gasteiger charge is 2.21. The average Bonchev–Trinajstić information content (AvgIpc) is 2.78. The number of hydrogen-bond donors (Lipinski definition) is 3. The lowest BCUT2D eigenvalue weighted by molar-refractivity contribution is -0.143. The second-order valence-electron chi connectivity index (χ2n) is 8.06. The fourth-order valence-corrected chi connectivity index (χ4v) is 2.65. The van der Waals surface area contributed by atoms with E-state index >= 15 is 0 Å². The Kier molecular flexibility index (Phi) is 12.3. The third-order valence-corrected chi connectivity index (χ3v) is 4.12. The molecule has 1 radical (unpaired) electrons. The third kappa shape index (κ3) is 9.99. The maximum Gasteiger partial charge on any atom is 0.328 e. The Morgan fingerprint density at radius 3 is 2.53 bits per heavy atom. The van der Waals surface area contributed by atoms with Crippen molar-refractivity contribution in [2.75, 3.05) is 13.2 Å². The van der Waals surface area contributed by atoms with E-state index < -0.39 is 35.9 Å². The minimum Gasteiger partial charge on any atom is -0.466 e.